The van der Waals surface area contributed by atoms with Gasteiger partial charge in [-0.25, -0.2) is 8.78 Å². The number of carbonyl (C=O) groups is 1. The van der Waals surface area contributed by atoms with Gasteiger partial charge in [0.15, 0.2) is 0 Å². The summed E-state index contributed by atoms with van der Waals surface area (Å²) in [4.78, 5) is 13.9. The molecule has 1 amide bonds. The largest absolute Gasteiger partial charge is 0.353 e. The monoisotopic (exact) mass is 444 g/mol. The fourth-order valence-electron chi connectivity index (χ4n) is 8.62. The highest BCUT2D eigenvalue weighted by molar-refractivity contribution is 5.84. The summed E-state index contributed by atoms with van der Waals surface area (Å²) < 4.78 is 27.6. The van der Waals surface area contributed by atoms with E-state index in [0.29, 0.717) is 0 Å². The van der Waals surface area contributed by atoms with Crippen LogP contribution in [-0.2, 0) is 10.2 Å². The Hall–Kier alpha value is -1.49. The Bertz CT molecular complexity index is 817. The number of benzene rings is 1. The summed E-state index contributed by atoms with van der Waals surface area (Å²) in [5.41, 5.74) is 6.57. The van der Waals surface area contributed by atoms with Crippen molar-refractivity contribution in [2.45, 2.75) is 101 Å². The van der Waals surface area contributed by atoms with Crippen LogP contribution >= 0.6 is 0 Å². The lowest BCUT2D eigenvalue weighted by Gasteiger charge is -2.69. The number of amides is 1. The van der Waals surface area contributed by atoms with Gasteiger partial charge in [0.2, 0.25) is 12.3 Å². The molecule has 32 heavy (non-hydrogen) atoms. The Morgan fingerprint density at radius 3 is 2.25 bits per heavy atom. The first-order valence-corrected chi connectivity index (χ1v) is 12.7. The molecule has 0 spiro atoms. The van der Waals surface area contributed by atoms with Crippen molar-refractivity contribution in [1.82, 2.24) is 5.32 Å². The van der Waals surface area contributed by atoms with Crippen molar-refractivity contribution < 1.29 is 13.6 Å². The number of nitrogens with one attached hydrogen (secondary N) is 1. The summed E-state index contributed by atoms with van der Waals surface area (Å²) in [5.74, 6) is 0.566. The lowest BCUT2D eigenvalue weighted by Crippen LogP contribution is -2.66. The Morgan fingerprint density at radius 2 is 1.69 bits per heavy atom. The first kappa shape index (κ1) is 22.3. The van der Waals surface area contributed by atoms with E-state index in [-0.39, 0.29) is 47.1 Å². The fourth-order valence-corrected chi connectivity index (χ4v) is 8.62. The minimum Gasteiger partial charge on any atom is -0.353 e. The number of hydrogen-bond acceptors (Lipinski definition) is 2. The summed E-state index contributed by atoms with van der Waals surface area (Å²) >= 11 is 0. The molecule has 2 atom stereocenters. The van der Waals surface area contributed by atoms with E-state index >= 15 is 0 Å². The highest BCUT2D eigenvalue weighted by atomic mass is 19.3. The van der Waals surface area contributed by atoms with Gasteiger partial charge in [0.25, 0.3) is 0 Å². The second kappa shape index (κ2) is 8.07. The summed E-state index contributed by atoms with van der Waals surface area (Å²) in [5, 5.41) is 3.41. The maximum absolute atomic E-state index is 13.9. The Morgan fingerprint density at radius 1 is 1.06 bits per heavy atom. The van der Waals surface area contributed by atoms with Crippen molar-refractivity contribution in [2.75, 3.05) is 0 Å². The number of hydrogen-bond donors (Lipinski definition) is 2. The van der Waals surface area contributed by atoms with Crippen LogP contribution in [0, 0.1) is 22.7 Å². The molecule has 2 unspecified atom stereocenters. The van der Waals surface area contributed by atoms with Gasteiger partial charge in [0.05, 0.1) is 5.41 Å². The van der Waals surface area contributed by atoms with E-state index in [9.17, 15) is 13.6 Å². The molecule has 3 N–H and O–H groups in total. The molecule has 1 aromatic rings. The number of rotatable bonds is 6. The molecule has 1 aromatic carbocycles. The van der Waals surface area contributed by atoms with Crippen LogP contribution in [0.1, 0.15) is 83.1 Å². The topological polar surface area (TPSA) is 55.1 Å². The second-order valence-electron chi connectivity index (χ2n) is 11.6. The van der Waals surface area contributed by atoms with Gasteiger partial charge in [-0.1, -0.05) is 37.3 Å². The minimum atomic E-state index is -2.28. The number of halogens is 2. The van der Waals surface area contributed by atoms with Crippen LogP contribution in [-0.4, -0.2) is 24.4 Å². The molecule has 0 saturated heterocycles. The van der Waals surface area contributed by atoms with Crippen molar-refractivity contribution in [3.05, 3.63) is 35.9 Å². The molecule has 176 valence electrons. The quantitative estimate of drug-likeness (QED) is 0.602. The van der Waals surface area contributed by atoms with Gasteiger partial charge < -0.3 is 11.1 Å². The predicted molar refractivity (Wildman–Crippen MR) is 122 cm³/mol. The van der Waals surface area contributed by atoms with Crippen LogP contribution in [0.3, 0.4) is 0 Å². The molecule has 0 aromatic heterocycles. The molecule has 5 aliphatic carbocycles. The number of nitrogens with two attached hydrogens (primary N) is 1. The van der Waals surface area contributed by atoms with Gasteiger partial charge in [-0.05, 0) is 92.4 Å². The van der Waals surface area contributed by atoms with Crippen LogP contribution < -0.4 is 11.1 Å². The molecule has 5 fully saturated rings. The lowest BCUT2D eigenvalue weighted by atomic mass is 9.35. The van der Waals surface area contributed by atoms with Gasteiger partial charge in [0, 0.05) is 18.5 Å². The molecular formula is C27H38F2N2O. The summed E-state index contributed by atoms with van der Waals surface area (Å²) in [6.45, 7) is 2.10. The number of alkyl halides is 2. The first-order chi connectivity index (χ1) is 15.3. The third-order valence-electron chi connectivity index (χ3n) is 10.0. The van der Waals surface area contributed by atoms with E-state index in [2.05, 4.69) is 36.5 Å². The van der Waals surface area contributed by atoms with E-state index in [0.717, 1.165) is 64.2 Å². The number of carbonyl (C=O) groups excluding carboxylic acids is 1. The van der Waals surface area contributed by atoms with E-state index in [1.807, 2.05) is 6.07 Å². The van der Waals surface area contributed by atoms with Crippen molar-refractivity contribution in [2.24, 2.45) is 28.4 Å². The second-order valence-corrected chi connectivity index (χ2v) is 11.6. The normalized spacial score (nSPS) is 42.9. The van der Waals surface area contributed by atoms with E-state index in [1.165, 1.54) is 5.56 Å². The SMILES string of the molecule is CCC1(CC(F)F)C2CC3(C(=O)N[C@H]4CC[C@H](N)CC4)CC1CC(c1ccccc1)(C2)C3. The van der Waals surface area contributed by atoms with Gasteiger partial charge in [-0.2, -0.15) is 0 Å². The van der Waals surface area contributed by atoms with Gasteiger partial charge >= 0.3 is 0 Å². The summed E-state index contributed by atoms with van der Waals surface area (Å²) in [6, 6.07) is 11.1. The molecule has 5 aliphatic rings. The Balaban J connectivity index is 1.48. The van der Waals surface area contributed by atoms with Crippen LogP contribution in [0.15, 0.2) is 30.3 Å². The molecule has 0 aliphatic heterocycles. The smallest absolute Gasteiger partial charge is 0.239 e. The van der Waals surface area contributed by atoms with E-state index in [4.69, 9.17) is 5.73 Å². The van der Waals surface area contributed by atoms with Crippen LogP contribution in [0.25, 0.3) is 0 Å². The Labute approximate surface area is 190 Å². The molecule has 4 bridgehead atoms. The van der Waals surface area contributed by atoms with Crippen molar-refractivity contribution in [3.8, 4) is 0 Å². The van der Waals surface area contributed by atoms with E-state index in [1.54, 1.807) is 0 Å². The minimum absolute atomic E-state index is 0.0120. The van der Waals surface area contributed by atoms with Crippen molar-refractivity contribution in [3.63, 3.8) is 0 Å². The van der Waals surface area contributed by atoms with Crippen molar-refractivity contribution >= 4 is 5.91 Å². The third kappa shape index (κ3) is 3.50. The van der Waals surface area contributed by atoms with Crippen molar-refractivity contribution in [1.29, 1.82) is 0 Å². The van der Waals surface area contributed by atoms with Crippen LogP contribution in [0.2, 0.25) is 0 Å². The van der Waals surface area contributed by atoms with Gasteiger partial charge in [0.1, 0.15) is 0 Å². The average molecular weight is 445 g/mol. The zero-order valence-electron chi connectivity index (χ0n) is 19.3. The molecule has 0 heterocycles. The fraction of sp³-hybridized carbons (Fsp3) is 0.741. The van der Waals surface area contributed by atoms with E-state index < -0.39 is 11.8 Å². The van der Waals surface area contributed by atoms with Gasteiger partial charge in [-0.15, -0.1) is 0 Å². The van der Waals surface area contributed by atoms with Gasteiger partial charge in [-0.3, -0.25) is 4.79 Å². The van der Waals surface area contributed by atoms with Crippen LogP contribution in [0.4, 0.5) is 8.78 Å². The molecule has 3 nitrogen and oxygen atoms in total. The first-order valence-electron chi connectivity index (χ1n) is 12.7. The summed E-state index contributed by atoms with van der Waals surface area (Å²) in [6.07, 6.45) is 6.62. The maximum atomic E-state index is 13.9. The highest BCUT2D eigenvalue weighted by Gasteiger charge is 2.68. The zero-order valence-corrected chi connectivity index (χ0v) is 19.3. The molecule has 0 radical (unpaired) electrons. The zero-order chi connectivity index (χ0) is 22.6. The lowest BCUT2D eigenvalue weighted by molar-refractivity contribution is -0.189. The molecule has 6 rings (SSSR count). The maximum Gasteiger partial charge on any atom is 0.239 e. The highest BCUT2D eigenvalue weighted by Crippen LogP contribution is 2.73. The standard InChI is InChI=1S/C27H38F2N2O/c1-2-27(16-23(28)29)19-12-25(18-6-4-3-5-7-18)13-20(27)15-26(14-19,17-25)24(32)31-22-10-8-21(30)9-11-22/h3-7,19-23H,2,8-17,30H2,1H3,(H,31,32)/t19?,20?,21-,22-,25?,26?,27?. The third-order valence-corrected chi connectivity index (χ3v) is 10.0. The summed E-state index contributed by atoms with van der Waals surface area (Å²) in [7, 11) is 0. The average Bonchev–Trinajstić information content (AvgIpc) is 2.78. The predicted octanol–water partition coefficient (Wildman–Crippen LogP) is 5.57. The molecular weight excluding hydrogens is 406 g/mol. The Kier molecular flexibility index (Phi) is 5.63. The molecule has 5 heteroatoms. The van der Waals surface area contributed by atoms with Crippen LogP contribution in [0.5, 0.6) is 0 Å². The molecule has 5 saturated carbocycles.